The van der Waals surface area contributed by atoms with Gasteiger partial charge in [-0.25, -0.2) is 4.98 Å². The highest BCUT2D eigenvalue weighted by Crippen LogP contribution is 2.31. The Balaban J connectivity index is 2.33. The molecule has 0 unspecified atom stereocenters. The van der Waals surface area contributed by atoms with Crippen LogP contribution in [0.15, 0.2) is 30.3 Å². The molecule has 0 radical (unpaired) electrons. The number of aromatic nitrogens is 2. The third-order valence-corrected chi connectivity index (χ3v) is 2.62. The fourth-order valence-electron chi connectivity index (χ4n) is 1.48. The molecule has 0 atom stereocenters. The molecule has 0 spiro atoms. The second-order valence-corrected chi connectivity index (χ2v) is 4.44. The monoisotopic (exact) mass is 317 g/mol. The predicted molar refractivity (Wildman–Crippen MR) is 72.7 cm³/mol. The van der Waals surface area contributed by atoms with Gasteiger partial charge in [0.15, 0.2) is 5.69 Å². The van der Waals surface area contributed by atoms with Gasteiger partial charge in [-0.05, 0) is 31.2 Å². The number of halogens is 4. The Hall–Kier alpha value is -2.02. The van der Waals surface area contributed by atoms with Crippen molar-refractivity contribution in [2.75, 3.05) is 11.9 Å². The van der Waals surface area contributed by atoms with E-state index in [2.05, 4.69) is 15.3 Å². The first-order valence-electron chi connectivity index (χ1n) is 6.02. The van der Waals surface area contributed by atoms with Crippen LogP contribution in [0.2, 0.25) is 5.02 Å². The molecule has 0 saturated carbocycles. The highest BCUT2D eigenvalue weighted by atomic mass is 35.5. The zero-order chi connectivity index (χ0) is 15.5. The van der Waals surface area contributed by atoms with Gasteiger partial charge in [-0.3, -0.25) is 0 Å². The van der Waals surface area contributed by atoms with Crippen LogP contribution in [0, 0.1) is 0 Å². The molecule has 1 heterocycles. The van der Waals surface area contributed by atoms with Crippen LogP contribution in [-0.2, 0) is 6.18 Å². The van der Waals surface area contributed by atoms with E-state index in [-0.39, 0.29) is 11.8 Å². The Morgan fingerprint density at radius 2 is 1.86 bits per heavy atom. The van der Waals surface area contributed by atoms with Crippen LogP contribution in [0.5, 0.6) is 11.6 Å². The maximum absolute atomic E-state index is 12.8. The summed E-state index contributed by atoms with van der Waals surface area (Å²) in [4.78, 5) is 7.28. The summed E-state index contributed by atoms with van der Waals surface area (Å²) in [5, 5.41) is 3.13. The van der Waals surface area contributed by atoms with E-state index in [4.69, 9.17) is 16.3 Å². The highest BCUT2D eigenvalue weighted by Gasteiger charge is 2.34. The average Bonchev–Trinajstić information content (AvgIpc) is 2.41. The molecule has 21 heavy (non-hydrogen) atoms. The Kier molecular flexibility index (Phi) is 4.52. The summed E-state index contributed by atoms with van der Waals surface area (Å²) in [5.74, 6) is -0.0134. The van der Waals surface area contributed by atoms with E-state index in [1.807, 2.05) is 0 Å². The Morgan fingerprint density at radius 1 is 1.19 bits per heavy atom. The van der Waals surface area contributed by atoms with Crippen molar-refractivity contribution < 1.29 is 17.9 Å². The molecule has 0 bridgehead atoms. The average molecular weight is 318 g/mol. The molecule has 0 amide bonds. The quantitative estimate of drug-likeness (QED) is 0.909. The van der Waals surface area contributed by atoms with Crippen molar-refractivity contribution >= 4 is 17.5 Å². The number of ether oxygens (including phenoxy) is 1. The molecule has 2 aromatic rings. The van der Waals surface area contributed by atoms with Crippen LogP contribution >= 0.6 is 11.6 Å². The van der Waals surface area contributed by atoms with Crippen molar-refractivity contribution in [2.24, 2.45) is 0 Å². The third-order valence-electron chi connectivity index (χ3n) is 2.36. The summed E-state index contributed by atoms with van der Waals surface area (Å²) in [5.41, 5.74) is -1.07. The minimum absolute atomic E-state index is 0.142. The highest BCUT2D eigenvalue weighted by molar-refractivity contribution is 6.30. The predicted octanol–water partition coefficient (Wildman–Crippen LogP) is 4.37. The van der Waals surface area contributed by atoms with Gasteiger partial charge in [0, 0.05) is 17.6 Å². The molecular weight excluding hydrogens is 307 g/mol. The maximum Gasteiger partial charge on any atom is 0.433 e. The van der Waals surface area contributed by atoms with Crippen molar-refractivity contribution in [1.29, 1.82) is 0 Å². The number of anilines is 1. The lowest BCUT2D eigenvalue weighted by Gasteiger charge is -2.11. The molecule has 1 N–H and O–H groups in total. The smallest absolute Gasteiger partial charge is 0.433 e. The second kappa shape index (κ2) is 6.17. The van der Waals surface area contributed by atoms with E-state index in [0.29, 0.717) is 17.3 Å². The number of alkyl halides is 3. The number of hydrogen-bond donors (Lipinski definition) is 1. The van der Waals surface area contributed by atoms with Gasteiger partial charge in [0.1, 0.15) is 5.75 Å². The fourth-order valence-corrected chi connectivity index (χ4v) is 1.61. The molecule has 2 rings (SSSR count). The SMILES string of the molecule is CCNc1nc(Oc2ccc(Cl)cc2)cc(C(F)(F)F)n1. The molecule has 8 heteroatoms. The second-order valence-electron chi connectivity index (χ2n) is 4.00. The minimum Gasteiger partial charge on any atom is -0.439 e. The van der Waals surface area contributed by atoms with Crippen LogP contribution in [0.25, 0.3) is 0 Å². The summed E-state index contributed by atoms with van der Waals surface area (Å²) in [6.07, 6.45) is -4.58. The zero-order valence-electron chi connectivity index (χ0n) is 10.9. The summed E-state index contributed by atoms with van der Waals surface area (Å²) in [7, 11) is 0. The van der Waals surface area contributed by atoms with Crippen LogP contribution in [0.4, 0.5) is 19.1 Å². The van der Waals surface area contributed by atoms with Gasteiger partial charge in [-0.2, -0.15) is 18.2 Å². The lowest BCUT2D eigenvalue weighted by molar-refractivity contribution is -0.141. The fraction of sp³-hybridized carbons (Fsp3) is 0.231. The first-order chi connectivity index (χ1) is 9.88. The molecule has 0 aliphatic carbocycles. The number of nitrogens with one attached hydrogen (secondary N) is 1. The van der Waals surface area contributed by atoms with E-state index in [1.54, 1.807) is 19.1 Å². The van der Waals surface area contributed by atoms with E-state index in [9.17, 15) is 13.2 Å². The number of rotatable bonds is 4. The molecule has 1 aromatic carbocycles. The normalized spacial score (nSPS) is 11.3. The van der Waals surface area contributed by atoms with Crippen molar-refractivity contribution in [3.8, 4) is 11.6 Å². The van der Waals surface area contributed by atoms with E-state index in [0.717, 1.165) is 6.07 Å². The summed E-state index contributed by atoms with van der Waals surface area (Å²) >= 11 is 5.73. The molecular formula is C13H11ClF3N3O. The Morgan fingerprint density at radius 3 is 2.43 bits per heavy atom. The lowest BCUT2D eigenvalue weighted by Crippen LogP contribution is -2.12. The lowest BCUT2D eigenvalue weighted by atomic mass is 10.3. The number of benzene rings is 1. The molecule has 112 valence electrons. The third kappa shape index (κ3) is 4.22. The van der Waals surface area contributed by atoms with Crippen molar-refractivity contribution in [3.63, 3.8) is 0 Å². The van der Waals surface area contributed by atoms with E-state index in [1.165, 1.54) is 12.1 Å². The van der Waals surface area contributed by atoms with E-state index < -0.39 is 11.9 Å². The standard InChI is InChI=1S/C13H11ClF3N3O/c1-2-18-12-19-10(13(15,16)17)7-11(20-12)21-9-5-3-8(14)4-6-9/h3-7H,2H2,1H3,(H,18,19,20). The van der Waals surface area contributed by atoms with Crippen LogP contribution < -0.4 is 10.1 Å². The molecule has 0 fully saturated rings. The molecule has 4 nitrogen and oxygen atoms in total. The van der Waals surface area contributed by atoms with Crippen molar-refractivity contribution in [2.45, 2.75) is 13.1 Å². The largest absolute Gasteiger partial charge is 0.439 e. The maximum atomic E-state index is 12.8. The van der Waals surface area contributed by atoms with Gasteiger partial charge in [-0.15, -0.1) is 0 Å². The molecule has 0 aliphatic heterocycles. The summed E-state index contributed by atoms with van der Waals surface area (Å²) in [6, 6.07) is 6.94. The molecule has 0 aliphatic rings. The minimum atomic E-state index is -4.58. The van der Waals surface area contributed by atoms with Gasteiger partial charge in [-0.1, -0.05) is 11.6 Å². The van der Waals surface area contributed by atoms with Gasteiger partial charge >= 0.3 is 6.18 Å². The van der Waals surface area contributed by atoms with E-state index >= 15 is 0 Å². The van der Waals surface area contributed by atoms with Gasteiger partial charge in [0.25, 0.3) is 0 Å². The summed E-state index contributed by atoms with van der Waals surface area (Å²) in [6.45, 7) is 2.12. The van der Waals surface area contributed by atoms with Crippen molar-refractivity contribution in [1.82, 2.24) is 9.97 Å². The van der Waals surface area contributed by atoms with Crippen LogP contribution in [0.1, 0.15) is 12.6 Å². The van der Waals surface area contributed by atoms with Gasteiger partial charge < -0.3 is 10.1 Å². The Labute approximate surface area is 123 Å². The first kappa shape index (κ1) is 15.4. The number of hydrogen-bond acceptors (Lipinski definition) is 4. The Bertz CT molecular complexity index is 617. The number of nitrogens with zero attached hydrogens (tertiary/aromatic N) is 2. The zero-order valence-corrected chi connectivity index (χ0v) is 11.7. The summed E-state index contributed by atoms with van der Waals surface area (Å²) < 4.78 is 43.7. The van der Waals surface area contributed by atoms with Crippen LogP contribution in [0.3, 0.4) is 0 Å². The van der Waals surface area contributed by atoms with Crippen molar-refractivity contribution in [3.05, 3.63) is 41.0 Å². The first-order valence-corrected chi connectivity index (χ1v) is 6.40. The molecule has 1 aromatic heterocycles. The topological polar surface area (TPSA) is 47.0 Å². The van der Waals surface area contributed by atoms with Crippen LogP contribution in [-0.4, -0.2) is 16.5 Å². The van der Waals surface area contributed by atoms with Gasteiger partial charge in [0.2, 0.25) is 11.8 Å². The van der Waals surface area contributed by atoms with Gasteiger partial charge in [0.05, 0.1) is 0 Å². The molecule has 0 saturated heterocycles.